The van der Waals surface area contributed by atoms with Gasteiger partial charge < -0.3 is 9.42 Å². The van der Waals surface area contributed by atoms with Crippen LogP contribution in [-0.4, -0.2) is 37.7 Å². The number of amides is 1. The number of H-pyrrole nitrogens is 1. The number of aromatic nitrogens is 4. The molecule has 0 radical (unpaired) electrons. The molecule has 26 heavy (non-hydrogen) atoms. The van der Waals surface area contributed by atoms with Gasteiger partial charge in [0.25, 0.3) is 5.91 Å². The van der Waals surface area contributed by atoms with Gasteiger partial charge >= 0.3 is 0 Å². The summed E-state index contributed by atoms with van der Waals surface area (Å²) in [6.45, 7) is 4.79. The Morgan fingerprint density at radius 2 is 2.04 bits per heavy atom. The van der Waals surface area contributed by atoms with Gasteiger partial charge in [0.05, 0.1) is 17.5 Å². The van der Waals surface area contributed by atoms with Crippen LogP contribution in [0.2, 0.25) is 0 Å². The van der Waals surface area contributed by atoms with Crippen molar-refractivity contribution in [3.63, 3.8) is 0 Å². The Hall–Kier alpha value is -2.18. The smallest absolute Gasteiger partial charge is 0.258 e. The van der Waals surface area contributed by atoms with Crippen LogP contribution < -0.4 is 0 Å². The summed E-state index contributed by atoms with van der Waals surface area (Å²) in [5, 5.41) is 11.4. The van der Waals surface area contributed by atoms with Crippen LogP contribution in [0.5, 0.6) is 0 Å². The van der Waals surface area contributed by atoms with Crippen molar-refractivity contribution in [3.8, 4) is 0 Å². The van der Waals surface area contributed by atoms with E-state index in [1.165, 1.54) is 19.3 Å². The lowest BCUT2D eigenvalue weighted by molar-refractivity contribution is 0.0708. The highest BCUT2D eigenvalue weighted by molar-refractivity contribution is 5.95. The maximum Gasteiger partial charge on any atom is 0.258 e. The molecular formula is C19H27N5O2. The van der Waals surface area contributed by atoms with Crippen molar-refractivity contribution < 1.29 is 9.32 Å². The highest BCUT2D eigenvalue weighted by Crippen LogP contribution is 2.36. The summed E-state index contributed by atoms with van der Waals surface area (Å²) >= 11 is 0. The van der Waals surface area contributed by atoms with Crippen molar-refractivity contribution >= 4 is 5.91 Å². The fourth-order valence-electron chi connectivity index (χ4n) is 4.21. The van der Waals surface area contributed by atoms with Gasteiger partial charge in [0.2, 0.25) is 5.89 Å². The Bertz CT molecular complexity index is 760. The van der Waals surface area contributed by atoms with E-state index in [0.29, 0.717) is 23.2 Å². The standard InChI is InChI=1S/C19H27N5O2/c1-12(2)17-21-18(26-23-17)15-9-6-10-24(15)19(25)14-11-20-22-16(14)13-7-4-3-5-8-13/h11-13,15H,3-10H2,1-2H3,(H,20,22). The molecule has 2 aromatic heterocycles. The number of nitrogens with zero attached hydrogens (tertiary/aromatic N) is 4. The van der Waals surface area contributed by atoms with Crippen LogP contribution in [0.4, 0.5) is 0 Å². The van der Waals surface area contributed by atoms with E-state index in [0.717, 1.165) is 37.9 Å². The number of carbonyl (C=O) groups excluding carboxylic acids is 1. The molecule has 1 saturated heterocycles. The first-order valence-electron chi connectivity index (χ1n) is 9.83. The minimum Gasteiger partial charge on any atom is -0.337 e. The second-order valence-electron chi connectivity index (χ2n) is 7.83. The zero-order valence-electron chi connectivity index (χ0n) is 15.6. The van der Waals surface area contributed by atoms with Crippen molar-refractivity contribution in [1.82, 2.24) is 25.2 Å². The molecule has 1 aliphatic heterocycles. The number of nitrogens with one attached hydrogen (secondary N) is 1. The number of aromatic amines is 1. The Morgan fingerprint density at radius 1 is 1.23 bits per heavy atom. The third kappa shape index (κ3) is 3.15. The van der Waals surface area contributed by atoms with Crippen LogP contribution in [0.1, 0.15) is 104 Å². The monoisotopic (exact) mass is 357 g/mol. The van der Waals surface area contributed by atoms with E-state index in [9.17, 15) is 4.79 Å². The van der Waals surface area contributed by atoms with Crippen LogP contribution in [0, 0.1) is 0 Å². The lowest BCUT2D eigenvalue weighted by Gasteiger charge is -2.25. The summed E-state index contributed by atoms with van der Waals surface area (Å²) in [5.74, 6) is 1.92. The van der Waals surface area contributed by atoms with E-state index >= 15 is 0 Å². The summed E-state index contributed by atoms with van der Waals surface area (Å²) in [6.07, 6.45) is 9.51. The third-order valence-electron chi connectivity index (χ3n) is 5.69. The molecule has 1 unspecified atom stereocenters. The molecule has 1 atom stereocenters. The fraction of sp³-hybridized carbons (Fsp3) is 0.684. The number of rotatable bonds is 4. The minimum absolute atomic E-state index is 0.0334. The molecule has 1 amide bonds. The number of hydrogen-bond donors (Lipinski definition) is 1. The summed E-state index contributed by atoms with van der Waals surface area (Å²) in [7, 11) is 0. The second-order valence-corrected chi connectivity index (χ2v) is 7.83. The summed E-state index contributed by atoms with van der Waals surface area (Å²) in [4.78, 5) is 19.7. The maximum atomic E-state index is 13.3. The zero-order valence-corrected chi connectivity index (χ0v) is 15.6. The topological polar surface area (TPSA) is 87.9 Å². The van der Waals surface area contributed by atoms with Gasteiger partial charge in [0.15, 0.2) is 5.82 Å². The summed E-state index contributed by atoms with van der Waals surface area (Å²) in [5.41, 5.74) is 1.72. The lowest BCUT2D eigenvalue weighted by atomic mass is 9.85. The van der Waals surface area contributed by atoms with E-state index in [2.05, 4.69) is 20.3 Å². The molecule has 1 saturated carbocycles. The average Bonchev–Trinajstić information content (AvgIpc) is 3.41. The first-order chi connectivity index (χ1) is 12.6. The second kappa shape index (κ2) is 7.21. The van der Waals surface area contributed by atoms with Crippen molar-refractivity contribution in [1.29, 1.82) is 0 Å². The highest BCUT2D eigenvalue weighted by Gasteiger charge is 2.36. The molecule has 140 valence electrons. The van der Waals surface area contributed by atoms with Crippen LogP contribution >= 0.6 is 0 Å². The first-order valence-corrected chi connectivity index (χ1v) is 9.83. The number of likely N-dealkylation sites (tertiary alicyclic amines) is 1. The van der Waals surface area contributed by atoms with Crippen LogP contribution in [0.25, 0.3) is 0 Å². The van der Waals surface area contributed by atoms with E-state index in [4.69, 9.17) is 4.52 Å². The SMILES string of the molecule is CC(C)c1noc(C2CCCN2C(=O)c2cn[nH]c2C2CCCCC2)n1. The van der Waals surface area contributed by atoms with Crippen LogP contribution in [0.15, 0.2) is 10.7 Å². The van der Waals surface area contributed by atoms with Gasteiger partial charge in [-0.25, -0.2) is 0 Å². The molecule has 7 nitrogen and oxygen atoms in total. The van der Waals surface area contributed by atoms with Gasteiger partial charge in [0, 0.05) is 18.4 Å². The maximum absolute atomic E-state index is 13.3. The van der Waals surface area contributed by atoms with Gasteiger partial charge in [-0.2, -0.15) is 10.1 Å². The Morgan fingerprint density at radius 3 is 2.77 bits per heavy atom. The van der Waals surface area contributed by atoms with Gasteiger partial charge in [-0.05, 0) is 25.7 Å². The molecule has 1 N–H and O–H groups in total. The predicted molar refractivity (Wildman–Crippen MR) is 95.8 cm³/mol. The largest absolute Gasteiger partial charge is 0.337 e. The molecule has 4 rings (SSSR count). The fourth-order valence-corrected chi connectivity index (χ4v) is 4.21. The molecule has 0 aromatic carbocycles. The van der Waals surface area contributed by atoms with Gasteiger partial charge in [-0.3, -0.25) is 9.89 Å². The van der Waals surface area contributed by atoms with Gasteiger partial charge in [0.1, 0.15) is 6.04 Å². The zero-order chi connectivity index (χ0) is 18.1. The number of hydrogen-bond acceptors (Lipinski definition) is 5. The molecule has 3 heterocycles. The molecule has 1 aliphatic carbocycles. The molecule has 2 fully saturated rings. The molecule has 2 aromatic rings. The predicted octanol–water partition coefficient (Wildman–Crippen LogP) is 3.94. The minimum atomic E-state index is -0.128. The summed E-state index contributed by atoms with van der Waals surface area (Å²) < 4.78 is 5.48. The van der Waals surface area contributed by atoms with E-state index in [1.807, 2.05) is 18.7 Å². The molecule has 0 bridgehead atoms. The average molecular weight is 357 g/mol. The van der Waals surface area contributed by atoms with Crippen LogP contribution in [0.3, 0.4) is 0 Å². The van der Waals surface area contributed by atoms with E-state index in [1.54, 1.807) is 6.20 Å². The van der Waals surface area contributed by atoms with E-state index < -0.39 is 0 Å². The summed E-state index contributed by atoms with van der Waals surface area (Å²) in [6, 6.07) is -0.128. The van der Waals surface area contributed by atoms with Crippen molar-refractivity contribution in [2.24, 2.45) is 0 Å². The van der Waals surface area contributed by atoms with E-state index in [-0.39, 0.29) is 17.9 Å². The van der Waals surface area contributed by atoms with Crippen molar-refractivity contribution in [3.05, 3.63) is 29.2 Å². The highest BCUT2D eigenvalue weighted by atomic mass is 16.5. The first kappa shape index (κ1) is 17.2. The molecule has 2 aliphatic rings. The van der Waals surface area contributed by atoms with Gasteiger partial charge in [-0.15, -0.1) is 0 Å². The van der Waals surface area contributed by atoms with Crippen LogP contribution in [-0.2, 0) is 0 Å². The Labute approximate surface area is 153 Å². The number of carbonyl (C=O) groups is 1. The Balaban J connectivity index is 1.56. The molecule has 0 spiro atoms. The Kier molecular flexibility index (Phi) is 4.78. The van der Waals surface area contributed by atoms with Gasteiger partial charge in [-0.1, -0.05) is 38.3 Å². The third-order valence-corrected chi connectivity index (χ3v) is 5.69. The molecular weight excluding hydrogens is 330 g/mol. The lowest BCUT2D eigenvalue weighted by Crippen LogP contribution is -2.31. The van der Waals surface area contributed by atoms with Crippen molar-refractivity contribution in [2.45, 2.75) is 76.7 Å². The van der Waals surface area contributed by atoms with Crippen molar-refractivity contribution in [2.75, 3.05) is 6.54 Å². The quantitative estimate of drug-likeness (QED) is 0.895. The molecule has 7 heteroatoms. The normalized spacial score (nSPS) is 21.7.